The first-order valence-electron chi connectivity index (χ1n) is 12.0. The Balaban J connectivity index is 1.07. The van der Waals surface area contributed by atoms with Crippen molar-refractivity contribution in [2.45, 2.75) is 44.9 Å². The molecule has 0 unspecified atom stereocenters. The van der Waals surface area contributed by atoms with Crippen molar-refractivity contribution in [2.24, 2.45) is 23.2 Å². The van der Waals surface area contributed by atoms with Gasteiger partial charge in [0.1, 0.15) is 0 Å². The van der Waals surface area contributed by atoms with Crippen molar-refractivity contribution in [3.63, 3.8) is 0 Å². The van der Waals surface area contributed by atoms with E-state index in [9.17, 15) is 19.7 Å². The van der Waals surface area contributed by atoms with Crippen LogP contribution in [-0.2, 0) is 9.59 Å². The van der Waals surface area contributed by atoms with E-state index in [2.05, 4.69) is 10.2 Å². The van der Waals surface area contributed by atoms with Crippen molar-refractivity contribution in [1.82, 2.24) is 10.2 Å². The van der Waals surface area contributed by atoms with Crippen LogP contribution in [0.4, 0.5) is 11.4 Å². The third-order valence-electron chi connectivity index (χ3n) is 8.20. The molecule has 1 aromatic rings. The lowest BCUT2D eigenvalue weighted by Crippen LogP contribution is -2.54. The van der Waals surface area contributed by atoms with Gasteiger partial charge in [0.05, 0.1) is 4.92 Å². The van der Waals surface area contributed by atoms with E-state index in [1.165, 1.54) is 31.4 Å². The zero-order chi connectivity index (χ0) is 22.3. The average molecular weight is 441 g/mol. The van der Waals surface area contributed by atoms with Gasteiger partial charge in [-0.15, -0.1) is 0 Å². The smallest absolute Gasteiger partial charge is 0.269 e. The first-order valence-corrected chi connectivity index (χ1v) is 12.0. The molecule has 5 fully saturated rings. The topological polar surface area (TPSA) is 95.8 Å². The van der Waals surface area contributed by atoms with Gasteiger partial charge >= 0.3 is 0 Å². The molecule has 0 spiro atoms. The second-order valence-corrected chi connectivity index (χ2v) is 10.3. The minimum atomic E-state index is -0.400. The molecule has 0 atom stereocenters. The quantitative estimate of drug-likeness (QED) is 0.542. The molecule has 4 aliphatic carbocycles. The summed E-state index contributed by atoms with van der Waals surface area (Å²) in [5.41, 5.74) is 0.859. The highest BCUT2D eigenvalue weighted by Gasteiger charge is 2.54. The van der Waals surface area contributed by atoms with E-state index in [-0.39, 0.29) is 22.9 Å². The maximum absolute atomic E-state index is 13.0. The van der Waals surface area contributed by atoms with Gasteiger partial charge in [-0.1, -0.05) is 0 Å². The third kappa shape index (κ3) is 4.07. The van der Waals surface area contributed by atoms with Crippen LogP contribution in [0.25, 0.3) is 0 Å². The van der Waals surface area contributed by atoms with Crippen molar-refractivity contribution in [2.75, 3.05) is 37.6 Å². The Morgan fingerprint density at radius 1 is 0.969 bits per heavy atom. The first kappa shape index (κ1) is 21.2. The van der Waals surface area contributed by atoms with Crippen molar-refractivity contribution in [3.8, 4) is 0 Å². The molecule has 0 radical (unpaired) electrons. The number of nitro benzene ring substituents is 1. The van der Waals surface area contributed by atoms with Gasteiger partial charge in [0, 0.05) is 62.4 Å². The maximum atomic E-state index is 13.0. The largest absolute Gasteiger partial charge is 0.368 e. The SMILES string of the molecule is O=C(CCNC(=O)C12CC3CC(CC(C3)C1)C2)N1CCN(c2ccc([N+](=O)[O-])cc2)CC1. The number of carbonyl (C=O) groups is 2. The first-order chi connectivity index (χ1) is 15.4. The third-order valence-corrected chi connectivity index (χ3v) is 8.20. The fraction of sp³-hybridized carbons (Fsp3) is 0.667. The van der Waals surface area contributed by atoms with Gasteiger partial charge in [0.15, 0.2) is 0 Å². The molecule has 1 saturated heterocycles. The molecule has 4 saturated carbocycles. The molecule has 5 aliphatic rings. The molecule has 1 aromatic carbocycles. The highest BCUT2D eigenvalue weighted by Crippen LogP contribution is 2.60. The molecule has 8 heteroatoms. The molecule has 1 N–H and O–H groups in total. The predicted molar refractivity (Wildman–Crippen MR) is 120 cm³/mol. The maximum Gasteiger partial charge on any atom is 0.269 e. The Bertz CT molecular complexity index is 856. The molecular formula is C24H32N4O4. The minimum Gasteiger partial charge on any atom is -0.368 e. The summed E-state index contributed by atoms with van der Waals surface area (Å²) in [5.74, 6) is 2.48. The van der Waals surface area contributed by atoms with Gasteiger partial charge in [-0.2, -0.15) is 0 Å². The van der Waals surface area contributed by atoms with Crippen molar-refractivity contribution >= 4 is 23.2 Å². The lowest BCUT2D eigenvalue weighted by atomic mass is 9.49. The van der Waals surface area contributed by atoms with Gasteiger partial charge in [-0.25, -0.2) is 0 Å². The standard InChI is InChI=1S/C24H32N4O4/c29-22(27-9-7-26(8-10-27)20-1-3-21(4-2-20)28(31)32)5-6-25-23(30)24-14-17-11-18(15-24)13-19(12-17)16-24/h1-4,17-19H,5-16H2,(H,25,30). The van der Waals surface area contributed by atoms with E-state index < -0.39 is 4.92 Å². The number of hydrogen-bond donors (Lipinski definition) is 1. The fourth-order valence-corrected chi connectivity index (χ4v) is 7.02. The van der Waals surface area contributed by atoms with E-state index >= 15 is 0 Å². The summed E-state index contributed by atoms with van der Waals surface area (Å²) >= 11 is 0. The van der Waals surface area contributed by atoms with Gasteiger partial charge < -0.3 is 15.1 Å². The summed E-state index contributed by atoms with van der Waals surface area (Å²) in [6.45, 7) is 3.06. The van der Waals surface area contributed by atoms with Crippen LogP contribution in [0, 0.1) is 33.3 Å². The highest BCUT2D eigenvalue weighted by molar-refractivity contribution is 5.84. The number of hydrogen-bond acceptors (Lipinski definition) is 5. The summed E-state index contributed by atoms with van der Waals surface area (Å²) < 4.78 is 0. The molecule has 6 rings (SSSR count). The number of non-ortho nitro benzene ring substituents is 1. The lowest BCUT2D eigenvalue weighted by Gasteiger charge is -2.55. The minimum absolute atomic E-state index is 0.0816. The van der Waals surface area contributed by atoms with E-state index in [1.807, 2.05) is 4.90 Å². The number of amides is 2. The number of nitrogens with one attached hydrogen (secondary N) is 1. The second kappa shape index (κ2) is 8.37. The molecular weight excluding hydrogens is 408 g/mol. The van der Waals surface area contributed by atoms with Gasteiger partial charge in [0.2, 0.25) is 11.8 Å². The summed E-state index contributed by atoms with van der Waals surface area (Å²) in [6, 6.07) is 6.55. The number of anilines is 1. The molecule has 172 valence electrons. The lowest BCUT2D eigenvalue weighted by molar-refractivity contribution is -0.384. The summed E-state index contributed by atoms with van der Waals surface area (Å²) in [6.07, 6.45) is 7.43. The Labute approximate surface area is 188 Å². The van der Waals surface area contributed by atoms with Gasteiger partial charge in [-0.05, 0) is 68.4 Å². The van der Waals surface area contributed by atoms with Crippen LogP contribution in [0.1, 0.15) is 44.9 Å². The number of rotatable bonds is 6. The van der Waals surface area contributed by atoms with Crippen LogP contribution in [0.2, 0.25) is 0 Å². The highest BCUT2D eigenvalue weighted by atomic mass is 16.6. The summed E-state index contributed by atoms with van der Waals surface area (Å²) in [4.78, 5) is 40.1. The Morgan fingerprint density at radius 3 is 2.06 bits per heavy atom. The van der Waals surface area contributed by atoms with Crippen molar-refractivity contribution in [1.29, 1.82) is 0 Å². The van der Waals surface area contributed by atoms with E-state index in [1.54, 1.807) is 12.1 Å². The molecule has 1 heterocycles. The predicted octanol–water partition coefficient (Wildman–Crippen LogP) is 2.97. The number of nitro groups is 1. The molecule has 32 heavy (non-hydrogen) atoms. The Hall–Kier alpha value is -2.64. The summed E-state index contributed by atoms with van der Waals surface area (Å²) in [7, 11) is 0. The van der Waals surface area contributed by atoms with Crippen LogP contribution >= 0.6 is 0 Å². The van der Waals surface area contributed by atoms with E-state index in [0.717, 1.165) is 42.7 Å². The number of carbonyl (C=O) groups excluding carboxylic acids is 2. The summed E-state index contributed by atoms with van der Waals surface area (Å²) in [5, 5.41) is 13.9. The van der Waals surface area contributed by atoms with E-state index in [4.69, 9.17) is 0 Å². The second-order valence-electron chi connectivity index (χ2n) is 10.3. The molecule has 0 aromatic heterocycles. The van der Waals surface area contributed by atoms with Crippen LogP contribution in [0.15, 0.2) is 24.3 Å². The van der Waals surface area contributed by atoms with Gasteiger partial charge in [-0.3, -0.25) is 19.7 Å². The number of piperazine rings is 1. The average Bonchev–Trinajstić information content (AvgIpc) is 2.78. The number of benzene rings is 1. The molecule has 8 nitrogen and oxygen atoms in total. The molecule has 1 aliphatic heterocycles. The monoisotopic (exact) mass is 440 g/mol. The van der Waals surface area contributed by atoms with Crippen LogP contribution in [0.3, 0.4) is 0 Å². The Morgan fingerprint density at radius 2 is 1.53 bits per heavy atom. The Kier molecular flexibility index (Phi) is 5.55. The van der Waals surface area contributed by atoms with Crippen molar-refractivity contribution < 1.29 is 14.5 Å². The normalized spacial score (nSPS) is 30.9. The van der Waals surface area contributed by atoms with Gasteiger partial charge in [0.25, 0.3) is 5.69 Å². The van der Waals surface area contributed by atoms with Crippen LogP contribution < -0.4 is 10.2 Å². The van der Waals surface area contributed by atoms with E-state index in [0.29, 0.717) is 39.1 Å². The zero-order valence-electron chi connectivity index (χ0n) is 18.5. The van der Waals surface area contributed by atoms with Crippen LogP contribution in [0.5, 0.6) is 0 Å². The molecule has 4 bridgehead atoms. The van der Waals surface area contributed by atoms with Crippen LogP contribution in [-0.4, -0.2) is 54.4 Å². The van der Waals surface area contributed by atoms with Crippen molar-refractivity contribution in [3.05, 3.63) is 34.4 Å². The zero-order valence-corrected chi connectivity index (χ0v) is 18.5. The number of nitrogens with zero attached hydrogens (tertiary/aromatic N) is 3. The molecule has 2 amide bonds. The fourth-order valence-electron chi connectivity index (χ4n) is 7.02.